The van der Waals surface area contributed by atoms with E-state index >= 15 is 0 Å². The van der Waals surface area contributed by atoms with E-state index in [0.29, 0.717) is 5.75 Å². The highest BCUT2D eigenvalue weighted by atomic mass is 16.5. The minimum Gasteiger partial charge on any atom is -0.496 e. The zero-order valence-corrected chi connectivity index (χ0v) is 14.8. The Morgan fingerprint density at radius 2 is 1.77 bits per heavy atom. The van der Waals surface area contributed by atoms with Crippen LogP contribution in [-0.4, -0.2) is 25.3 Å². The molecule has 1 atom stereocenters. The van der Waals surface area contributed by atoms with Crippen LogP contribution < -0.4 is 15.5 Å². The molecular formula is C21H21N3O2. The summed E-state index contributed by atoms with van der Waals surface area (Å²) >= 11 is 0. The van der Waals surface area contributed by atoms with E-state index in [9.17, 15) is 4.79 Å². The van der Waals surface area contributed by atoms with Crippen molar-refractivity contribution in [3.8, 4) is 5.75 Å². The summed E-state index contributed by atoms with van der Waals surface area (Å²) in [5.41, 5.74) is 4.28. The van der Waals surface area contributed by atoms with Crippen molar-refractivity contribution in [2.45, 2.75) is 13.0 Å². The second-order valence-corrected chi connectivity index (χ2v) is 5.87. The third kappa shape index (κ3) is 4.00. The normalized spacial score (nSPS) is 12.1. The number of nitrogens with one attached hydrogen (secondary N) is 2. The molecule has 3 rings (SSSR count). The van der Waals surface area contributed by atoms with E-state index in [1.165, 1.54) is 0 Å². The summed E-state index contributed by atoms with van der Waals surface area (Å²) in [7, 11) is 1.60. The van der Waals surface area contributed by atoms with E-state index < -0.39 is 6.04 Å². The zero-order chi connectivity index (χ0) is 18.4. The Hall–Kier alpha value is -3.34. The Balaban J connectivity index is 1.65. The topological polar surface area (TPSA) is 62.7 Å². The molecule has 3 aromatic carbocycles. The molecule has 0 radical (unpaired) electrons. The van der Waals surface area contributed by atoms with E-state index in [0.717, 1.165) is 22.0 Å². The molecule has 0 aliphatic rings. The van der Waals surface area contributed by atoms with Crippen LogP contribution in [0.4, 0.5) is 5.69 Å². The van der Waals surface area contributed by atoms with E-state index in [1.807, 2.05) is 66.7 Å². The number of nitrogens with zero attached hydrogens (tertiary/aromatic N) is 1. The molecule has 0 aromatic heterocycles. The van der Waals surface area contributed by atoms with E-state index in [1.54, 1.807) is 20.2 Å². The minimum atomic E-state index is -0.435. The summed E-state index contributed by atoms with van der Waals surface area (Å²) in [4.78, 5) is 12.3. The quantitative estimate of drug-likeness (QED) is 0.527. The van der Waals surface area contributed by atoms with Crippen LogP contribution in [-0.2, 0) is 4.79 Å². The number of benzene rings is 3. The molecule has 26 heavy (non-hydrogen) atoms. The number of rotatable bonds is 6. The molecule has 0 saturated heterocycles. The highest BCUT2D eigenvalue weighted by molar-refractivity contribution is 5.96. The average Bonchev–Trinajstić information content (AvgIpc) is 2.68. The van der Waals surface area contributed by atoms with Crippen LogP contribution in [0.1, 0.15) is 12.5 Å². The molecular weight excluding hydrogens is 326 g/mol. The van der Waals surface area contributed by atoms with Crippen molar-refractivity contribution in [2.24, 2.45) is 5.10 Å². The number of para-hydroxylation sites is 1. The summed E-state index contributed by atoms with van der Waals surface area (Å²) in [6, 6.07) is 21.1. The van der Waals surface area contributed by atoms with Crippen LogP contribution in [0.2, 0.25) is 0 Å². The molecule has 5 heteroatoms. The van der Waals surface area contributed by atoms with Crippen LogP contribution >= 0.6 is 0 Å². The smallest absolute Gasteiger partial charge is 0.262 e. The maximum Gasteiger partial charge on any atom is 0.262 e. The number of carbonyl (C=O) groups is 1. The molecule has 0 heterocycles. The largest absolute Gasteiger partial charge is 0.496 e. The number of ether oxygens (including phenoxy) is 1. The fourth-order valence-corrected chi connectivity index (χ4v) is 2.69. The third-order valence-corrected chi connectivity index (χ3v) is 4.07. The third-order valence-electron chi connectivity index (χ3n) is 4.07. The number of amides is 1. The fourth-order valence-electron chi connectivity index (χ4n) is 2.69. The van der Waals surface area contributed by atoms with Crippen LogP contribution in [0, 0.1) is 0 Å². The first-order valence-electron chi connectivity index (χ1n) is 8.39. The van der Waals surface area contributed by atoms with Gasteiger partial charge in [-0.25, -0.2) is 5.43 Å². The molecule has 0 bridgehead atoms. The Morgan fingerprint density at radius 1 is 1.04 bits per heavy atom. The minimum absolute atomic E-state index is 0.218. The molecule has 0 unspecified atom stereocenters. The maximum atomic E-state index is 12.3. The standard InChI is InChI=1S/C21H21N3O2/c1-15(23-19-12-7-10-16-8-3-5-11-18(16)19)21(25)24-22-14-17-9-4-6-13-20(17)26-2/h3-15,23H,1-2H3,(H,24,25)/b22-14-/t15-/m1/s1. The summed E-state index contributed by atoms with van der Waals surface area (Å²) in [6.07, 6.45) is 1.57. The lowest BCUT2D eigenvalue weighted by Gasteiger charge is -2.15. The Bertz CT molecular complexity index is 932. The number of hydrazone groups is 1. The molecule has 2 N–H and O–H groups in total. The number of fused-ring (bicyclic) bond motifs is 1. The number of hydrogen-bond donors (Lipinski definition) is 2. The lowest BCUT2D eigenvalue weighted by molar-refractivity contribution is -0.121. The van der Waals surface area contributed by atoms with E-state index in [-0.39, 0.29) is 5.91 Å². The van der Waals surface area contributed by atoms with Gasteiger partial charge in [0.15, 0.2) is 0 Å². The van der Waals surface area contributed by atoms with Gasteiger partial charge in [-0.1, -0.05) is 48.5 Å². The number of methoxy groups -OCH3 is 1. The van der Waals surface area contributed by atoms with Gasteiger partial charge in [0.2, 0.25) is 0 Å². The number of carbonyl (C=O) groups excluding carboxylic acids is 1. The monoisotopic (exact) mass is 347 g/mol. The van der Waals surface area contributed by atoms with Crippen LogP contribution in [0.25, 0.3) is 10.8 Å². The van der Waals surface area contributed by atoms with Gasteiger partial charge in [-0.2, -0.15) is 5.10 Å². The van der Waals surface area contributed by atoms with Gasteiger partial charge in [0, 0.05) is 16.6 Å². The molecule has 132 valence electrons. The summed E-state index contributed by atoms with van der Waals surface area (Å²) in [6.45, 7) is 1.80. The summed E-state index contributed by atoms with van der Waals surface area (Å²) in [5.74, 6) is 0.483. The van der Waals surface area contributed by atoms with Crippen LogP contribution in [0.5, 0.6) is 5.75 Å². The first kappa shape index (κ1) is 17.5. The molecule has 0 aliphatic heterocycles. The Labute approximate surface area is 152 Å². The zero-order valence-electron chi connectivity index (χ0n) is 14.8. The predicted octanol–water partition coefficient (Wildman–Crippen LogP) is 3.80. The maximum absolute atomic E-state index is 12.3. The number of hydrogen-bond acceptors (Lipinski definition) is 4. The average molecular weight is 347 g/mol. The van der Waals surface area contributed by atoms with Crippen molar-refractivity contribution in [1.82, 2.24) is 5.43 Å². The molecule has 1 amide bonds. The van der Waals surface area contributed by atoms with E-state index in [4.69, 9.17) is 4.74 Å². The van der Waals surface area contributed by atoms with Crippen LogP contribution in [0.15, 0.2) is 71.8 Å². The molecule has 0 aliphatic carbocycles. The Kier molecular flexibility index (Phi) is 5.49. The van der Waals surface area contributed by atoms with Gasteiger partial charge in [0.25, 0.3) is 5.91 Å². The summed E-state index contributed by atoms with van der Waals surface area (Å²) in [5, 5.41) is 9.48. The van der Waals surface area contributed by atoms with Crippen LogP contribution in [0.3, 0.4) is 0 Å². The molecule has 0 fully saturated rings. The van der Waals surface area contributed by atoms with Crippen molar-refractivity contribution in [2.75, 3.05) is 12.4 Å². The first-order valence-corrected chi connectivity index (χ1v) is 8.39. The van der Waals surface area contributed by atoms with Crippen molar-refractivity contribution in [3.05, 3.63) is 72.3 Å². The van der Waals surface area contributed by atoms with Crippen molar-refractivity contribution in [3.63, 3.8) is 0 Å². The lowest BCUT2D eigenvalue weighted by Crippen LogP contribution is -2.34. The lowest BCUT2D eigenvalue weighted by atomic mass is 10.1. The molecule has 0 spiro atoms. The predicted molar refractivity (Wildman–Crippen MR) is 106 cm³/mol. The first-order chi connectivity index (χ1) is 12.7. The number of anilines is 1. The highest BCUT2D eigenvalue weighted by Gasteiger charge is 2.13. The summed E-state index contributed by atoms with van der Waals surface area (Å²) < 4.78 is 5.25. The van der Waals surface area contributed by atoms with Crippen molar-refractivity contribution in [1.29, 1.82) is 0 Å². The fraction of sp³-hybridized carbons (Fsp3) is 0.143. The second-order valence-electron chi connectivity index (χ2n) is 5.87. The van der Waals surface area contributed by atoms with Gasteiger partial charge in [-0.05, 0) is 30.5 Å². The van der Waals surface area contributed by atoms with Gasteiger partial charge in [-0.3, -0.25) is 4.79 Å². The van der Waals surface area contributed by atoms with Gasteiger partial charge in [0.1, 0.15) is 11.8 Å². The molecule has 3 aromatic rings. The van der Waals surface area contributed by atoms with Crippen molar-refractivity contribution >= 4 is 28.6 Å². The SMILES string of the molecule is COc1ccccc1/C=N\NC(=O)[C@@H](C)Nc1cccc2ccccc12. The Morgan fingerprint density at radius 3 is 2.62 bits per heavy atom. The van der Waals surface area contributed by atoms with Gasteiger partial charge in [0.05, 0.1) is 13.3 Å². The van der Waals surface area contributed by atoms with Crippen molar-refractivity contribution < 1.29 is 9.53 Å². The molecule has 5 nitrogen and oxygen atoms in total. The molecule has 0 saturated carbocycles. The second kappa shape index (κ2) is 8.16. The van der Waals surface area contributed by atoms with Gasteiger partial charge >= 0.3 is 0 Å². The highest BCUT2D eigenvalue weighted by Crippen LogP contribution is 2.23. The van der Waals surface area contributed by atoms with E-state index in [2.05, 4.69) is 15.8 Å². The van der Waals surface area contributed by atoms with Gasteiger partial charge in [-0.15, -0.1) is 0 Å². The van der Waals surface area contributed by atoms with Gasteiger partial charge < -0.3 is 10.1 Å².